The summed E-state index contributed by atoms with van der Waals surface area (Å²) in [7, 11) is 0. The molecule has 2 saturated heterocycles. The summed E-state index contributed by atoms with van der Waals surface area (Å²) in [4.78, 5) is 109. The van der Waals surface area contributed by atoms with Crippen LogP contribution < -0.4 is 48.8 Å². The van der Waals surface area contributed by atoms with Crippen LogP contribution >= 0.6 is 0 Å². The lowest BCUT2D eigenvalue weighted by Crippen LogP contribution is -2.63. The molecule has 8 amide bonds. The van der Waals surface area contributed by atoms with Crippen LogP contribution in [0.1, 0.15) is 56.2 Å². The molecule has 0 aliphatic carbocycles. The van der Waals surface area contributed by atoms with Crippen LogP contribution in [-0.2, 0) is 57.8 Å². The maximum Gasteiger partial charge on any atom is 0.337 e. The Hall–Kier alpha value is -7.04. The molecule has 0 saturated carbocycles. The van der Waals surface area contributed by atoms with Crippen molar-refractivity contribution >= 4 is 53.4 Å². The van der Waals surface area contributed by atoms with E-state index in [2.05, 4.69) is 52.6 Å². The Morgan fingerprint density at radius 1 is 0.868 bits per heavy atom. The number of guanidine groups is 1. The molecule has 374 valence electrons. The second-order valence-corrected chi connectivity index (χ2v) is 15.9. The Labute approximate surface area is 388 Å². The molecule has 0 radical (unpaired) electrons. The number of aliphatic imine (C=N–C) groups is 1. The monoisotopic (exact) mass is 962 g/mol. The van der Waals surface area contributed by atoms with Crippen molar-refractivity contribution in [3.8, 4) is 0 Å². The van der Waals surface area contributed by atoms with Crippen molar-refractivity contribution in [2.24, 2.45) is 16.5 Å². The Bertz CT molecular complexity index is 2080. The van der Waals surface area contributed by atoms with E-state index < -0.39 is 116 Å². The van der Waals surface area contributed by atoms with Crippen molar-refractivity contribution in [3.63, 3.8) is 0 Å². The molecule has 0 bridgehead atoms. The molecule has 28 heteroatoms. The number of hydrogen-bond acceptors (Lipinski definition) is 15. The molecule has 15 N–H and O–H groups in total. The number of aliphatic carboxylic acids is 1. The number of nitrogens with zero attached hydrogens (tertiary/aromatic N) is 5. The standard InChI is InChI=1S/C40H59FN14O13/c41-13-6-10-23-20-54(53-51-23)21-29(57)46-17-27-31(60)32(61)33(62)34(68-27)38(66)44-14-5-4-11-25-36(64)49-24(12-7-15-45-39(42)43)35(63)47-18-28(56)48-26(16-30(58)59)37(65)52-55(40(67)50-25)19-22-8-2-1-3-9-22/h1-3,8-9,20,24-27,31-34,60-62H,4-7,10-19,21H2,(H,44,66)(H,46,57)(H,47,63)(H,48,56)(H,49,64)(H,50,67)(H,52,65)(H,58,59)(H4,42,43,45)/t24-,25-,26-,27+,31?,32?,33-,34?/m0/s1. The number of aromatic nitrogens is 3. The predicted molar refractivity (Wildman–Crippen MR) is 232 cm³/mol. The van der Waals surface area contributed by atoms with Gasteiger partial charge in [-0.15, -0.1) is 5.10 Å². The fraction of sp³-hybridized carbons (Fsp3) is 0.575. The minimum Gasteiger partial charge on any atom is -0.481 e. The highest BCUT2D eigenvalue weighted by atomic mass is 19.1. The molecule has 3 unspecified atom stereocenters. The van der Waals surface area contributed by atoms with Gasteiger partial charge < -0.3 is 68.5 Å². The fourth-order valence-electron chi connectivity index (χ4n) is 6.92. The molecular weight excluding hydrogens is 904 g/mol. The summed E-state index contributed by atoms with van der Waals surface area (Å²) < 4.78 is 19.3. The van der Waals surface area contributed by atoms with Gasteiger partial charge in [-0.25, -0.2) is 14.5 Å². The van der Waals surface area contributed by atoms with Crippen molar-refractivity contribution in [3.05, 3.63) is 47.8 Å². The summed E-state index contributed by atoms with van der Waals surface area (Å²) in [6.45, 7) is -2.27. The quantitative estimate of drug-likeness (QED) is 0.0316. The normalized spacial score (nSPS) is 23.9. The van der Waals surface area contributed by atoms with Crippen LogP contribution in [0.3, 0.4) is 0 Å². The molecule has 1 aromatic heterocycles. The largest absolute Gasteiger partial charge is 0.481 e. The van der Waals surface area contributed by atoms with Crippen LogP contribution in [0.15, 0.2) is 41.5 Å². The van der Waals surface area contributed by atoms with Gasteiger partial charge in [0.2, 0.25) is 23.6 Å². The Kier molecular flexibility index (Phi) is 21.2. The number of urea groups is 1. The summed E-state index contributed by atoms with van der Waals surface area (Å²) in [5.74, 6) is -6.92. The van der Waals surface area contributed by atoms with Crippen LogP contribution in [0.25, 0.3) is 0 Å². The Balaban J connectivity index is 1.45. The second kappa shape index (κ2) is 26.9. The SMILES string of the molecule is NC(N)=NCCC[C@@H]1NC(=O)[C@H](CCCCNC(=O)C2O[C@H](CNC(=O)Cn3cc(CCCF)nn3)C(O)C(O)[C@@H]2O)NC(=O)N(Cc2ccccc2)NC(=O)[C@H](CC(=O)O)NC(=O)CNC1=O. The molecule has 1 aromatic carbocycles. The number of amides is 8. The number of unbranched alkanes of at least 4 members (excludes halogenated alkanes) is 1. The number of nitrogens with two attached hydrogens (primary N) is 2. The number of hydrogen-bond donors (Lipinski definition) is 13. The number of rotatable bonds is 21. The minimum atomic E-state index is -1.87. The molecule has 68 heavy (non-hydrogen) atoms. The number of carbonyl (C=O) groups is 8. The molecule has 27 nitrogen and oxygen atoms in total. The summed E-state index contributed by atoms with van der Waals surface area (Å²) in [5.41, 5.74) is 14.1. The van der Waals surface area contributed by atoms with Crippen molar-refractivity contribution in [1.82, 2.24) is 57.3 Å². The zero-order valence-electron chi connectivity index (χ0n) is 36.9. The molecule has 3 heterocycles. The van der Waals surface area contributed by atoms with Crippen LogP contribution in [0.5, 0.6) is 0 Å². The molecule has 0 spiro atoms. The number of aliphatic hydroxyl groups excluding tert-OH is 3. The lowest BCUT2D eigenvalue weighted by molar-refractivity contribution is -0.219. The number of halogens is 1. The highest BCUT2D eigenvalue weighted by molar-refractivity contribution is 5.96. The maximum atomic E-state index is 14.0. The van der Waals surface area contributed by atoms with E-state index in [1.807, 2.05) is 0 Å². The highest BCUT2D eigenvalue weighted by Crippen LogP contribution is 2.21. The maximum absolute atomic E-state index is 14.0. The van der Waals surface area contributed by atoms with E-state index in [4.69, 9.17) is 16.2 Å². The van der Waals surface area contributed by atoms with Gasteiger partial charge in [-0.2, -0.15) is 0 Å². The number of carboxylic acids is 1. The zero-order valence-corrected chi connectivity index (χ0v) is 36.9. The van der Waals surface area contributed by atoms with Gasteiger partial charge in [0.1, 0.15) is 49.1 Å². The van der Waals surface area contributed by atoms with E-state index in [-0.39, 0.29) is 77.2 Å². The van der Waals surface area contributed by atoms with Crippen LogP contribution in [0.4, 0.5) is 9.18 Å². The van der Waals surface area contributed by atoms with Crippen LogP contribution in [0, 0.1) is 0 Å². The summed E-state index contributed by atoms with van der Waals surface area (Å²) in [6, 6.07) is 2.81. The lowest BCUT2D eigenvalue weighted by Gasteiger charge is -2.40. The number of carbonyl (C=O) groups excluding carboxylic acids is 7. The van der Waals surface area contributed by atoms with E-state index in [0.29, 0.717) is 17.7 Å². The highest BCUT2D eigenvalue weighted by Gasteiger charge is 2.46. The third-order valence-electron chi connectivity index (χ3n) is 10.5. The first-order chi connectivity index (χ1) is 32.4. The minimum absolute atomic E-state index is 0.0498. The van der Waals surface area contributed by atoms with E-state index in [1.165, 1.54) is 10.9 Å². The van der Waals surface area contributed by atoms with Crippen molar-refractivity contribution < 1.29 is 67.9 Å². The van der Waals surface area contributed by atoms with Gasteiger partial charge in [0.25, 0.3) is 11.8 Å². The number of carboxylic acid groups (broad SMARTS) is 1. The molecule has 8 atom stereocenters. The van der Waals surface area contributed by atoms with Gasteiger partial charge in [-0.05, 0) is 50.5 Å². The van der Waals surface area contributed by atoms with Crippen molar-refractivity contribution in [2.45, 2.75) is 113 Å². The van der Waals surface area contributed by atoms with E-state index in [1.54, 1.807) is 30.3 Å². The van der Waals surface area contributed by atoms with Gasteiger partial charge in [0.15, 0.2) is 12.1 Å². The first-order valence-electron chi connectivity index (χ1n) is 21.7. The summed E-state index contributed by atoms with van der Waals surface area (Å²) in [6.07, 6.45) is -7.10. The third kappa shape index (κ3) is 17.3. The van der Waals surface area contributed by atoms with Crippen molar-refractivity contribution in [1.29, 1.82) is 0 Å². The first kappa shape index (κ1) is 53.6. The Morgan fingerprint density at radius 3 is 2.29 bits per heavy atom. The topological polar surface area (TPSA) is 409 Å². The van der Waals surface area contributed by atoms with Gasteiger partial charge >= 0.3 is 12.0 Å². The van der Waals surface area contributed by atoms with E-state index in [0.717, 1.165) is 5.01 Å². The lowest BCUT2D eigenvalue weighted by atomic mass is 9.94. The smallest absolute Gasteiger partial charge is 0.337 e. The van der Waals surface area contributed by atoms with Crippen LogP contribution in [0.2, 0.25) is 0 Å². The fourth-order valence-corrected chi connectivity index (χ4v) is 6.92. The second-order valence-electron chi connectivity index (χ2n) is 15.9. The van der Waals surface area contributed by atoms with Crippen molar-refractivity contribution in [2.75, 3.05) is 32.9 Å². The van der Waals surface area contributed by atoms with E-state index >= 15 is 0 Å². The van der Waals surface area contributed by atoms with Gasteiger partial charge in [-0.3, -0.25) is 48.4 Å². The summed E-state index contributed by atoms with van der Waals surface area (Å²) in [5, 5.41) is 64.5. The number of hydrazine groups is 1. The first-order valence-corrected chi connectivity index (χ1v) is 21.7. The number of ether oxygens (including phenoxy) is 1. The number of benzene rings is 1. The predicted octanol–water partition coefficient (Wildman–Crippen LogP) is -5.33. The molecule has 2 aliphatic heterocycles. The summed E-state index contributed by atoms with van der Waals surface area (Å²) >= 11 is 0. The number of alkyl halides is 1. The van der Waals surface area contributed by atoms with E-state index in [9.17, 15) is 63.2 Å². The number of aliphatic hydroxyl groups is 3. The number of nitrogens with one attached hydrogen (secondary N) is 7. The molecule has 2 aliphatic rings. The van der Waals surface area contributed by atoms with Gasteiger partial charge in [0, 0.05) is 25.8 Å². The average molecular weight is 963 g/mol. The molecule has 2 fully saturated rings. The molecule has 4 rings (SSSR count). The zero-order chi connectivity index (χ0) is 49.8. The van der Waals surface area contributed by atoms with Gasteiger partial charge in [-0.1, -0.05) is 35.5 Å². The average Bonchev–Trinajstić information content (AvgIpc) is 3.75. The molecular formula is C40H59FN14O13. The third-order valence-corrected chi connectivity index (χ3v) is 10.5. The van der Waals surface area contributed by atoms with Crippen LogP contribution in [-0.4, -0.2) is 175 Å². The van der Waals surface area contributed by atoms with Gasteiger partial charge in [0.05, 0.1) is 31.9 Å². The molecule has 2 aromatic rings. The Morgan fingerprint density at radius 2 is 1.59 bits per heavy atom. The number of aryl methyl sites for hydroxylation is 1.